The van der Waals surface area contributed by atoms with Crippen LogP contribution in [-0.4, -0.2) is 73.1 Å². The number of methoxy groups -OCH3 is 2. The van der Waals surface area contributed by atoms with Crippen molar-refractivity contribution in [3.63, 3.8) is 0 Å². The largest absolute Gasteiger partial charge is 0.493 e. The van der Waals surface area contributed by atoms with E-state index < -0.39 is 33.6 Å². The van der Waals surface area contributed by atoms with E-state index in [1.165, 1.54) is 53.6 Å². The Hall–Kier alpha value is -4.33. The first kappa shape index (κ1) is 29.2. The normalized spacial score (nSPS) is 14.1. The first-order valence-electron chi connectivity index (χ1n) is 13.2. The third kappa shape index (κ3) is 5.71. The van der Waals surface area contributed by atoms with Gasteiger partial charge in [-0.25, -0.2) is 18.2 Å². The fourth-order valence-corrected chi connectivity index (χ4v) is 6.33. The summed E-state index contributed by atoms with van der Waals surface area (Å²) in [5.74, 6) is 0.575. The van der Waals surface area contributed by atoms with Gasteiger partial charge in [-0.1, -0.05) is 18.2 Å². The van der Waals surface area contributed by atoms with E-state index in [0.29, 0.717) is 31.1 Å². The summed E-state index contributed by atoms with van der Waals surface area (Å²) >= 11 is 0. The summed E-state index contributed by atoms with van der Waals surface area (Å²) in [5, 5.41) is 0. The number of carbonyl (C=O) groups excluding carboxylic acids is 1. The number of nitrogens with zero attached hydrogens (tertiary/aromatic N) is 4. The van der Waals surface area contributed by atoms with E-state index >= 15 is 0 Å². The highest BCUT2D eigenvalue weighted by Crippen LogP contribution is 2.27. The zero-order valence-electron chi connectivity index (χ0n) is 23.2. The van der Waals surface area contributed by atoms with Gasteiger partial charge in [0.15, 0.2) is 22.8 Å². The van der Waals surface area contributed by atoms with E-state index in [4.69, 9.17) is 14.2 Å². The van der Waals surface area contributed by atoms with Crippen LogP contribution in [0.5, 0.6) is 11.5 Å². The van der Waals surface area contributed by atoms with Crippen LogP contribution in [0, 0.1) is 0 Å². The fraction of sp³-hybridized carbons (Fsp3) is 0.310. The molecule has 4 aromatic rings. The third-order valence-electron chi connectivity index (χ3n) is 7.12. The van der Waals surface area contributed by atoms with E-state index in [9.17, 15) is 22.8 Å². The molecular weight excluding hydrogens is 564 g/mol. The number of morpholine rings is 1. The number of aromatic nitrogens is 3. The summed E-state index contributed by atoms with van der Waals surface area (Å²) in [6.07, 6.45) is 1.77. The van der Waals surface area contributed by atoms with Gasteiger partial charge in [0.05, 0.1) is 44.4 Å². The van der Waals surface area contributed by atoms with Gasteiger partial charge in [-0.2, -0.15) is 4.31 Å². The van der Waals surface area contributed by atoms with Crippen molar-refractivity contribution in [2.75, 3.05) is 40.5 Å². The molecule has 42 heavy (non-hydrogen) atoms. The highest BCUT2D eigenvalue weighted by Gasteiger charge is 2.27. The average Bonchev–Trinajstić information content (AvgIpc) is 3.03. The number of Topliss-reactive ketones (excluding diaryl/α,β-unsaturated/α-hetero) is 1. The second kappa shape index (κ2) is 12.3. The minimum atomic E-state index is -3.83. The first-order chi connectivity index (χ1) is 20.2. The number of hydrogen-bond acceptors (Lipinski definition) is 9. The number of pyridine rings is 1. The molecule has 0 saturated carbocycles. The molecule has 0 atom stereocenters. The van der Waals surface area contributed by atoms with Gasteiger partial charge in [-0.15, -0.1) is 0 Å². The quantitative estimate of drug-likeness (QED) is 0.251. The predicted octanol–water partition coefficient (Wildman–Crippen LogP) is 1.72. The van der Waals surface area contributed by atoms with E-state index in [1.807, 2.05) is 6.07 Å². The summed E-state index contributed by atoms with van der Waals surface area (Å²) in [6.45, 7) is 0.645. The molecule has 0 aliphatic carbocycles. The van der Waals surface area contributed by atoms with Gasteiger partial charge in [0.1, 0.15) is 0 Å². The van der Waals surface area contributed by atoms with E-state index in [2.05, 4.69) is 4.98 Å². The van der Waals surface area contributed by atoms with Crippen LogP contribution in [0.4, 0.5) is 0 Å². The van der Waals surface area contributed by atoms with Crippen molar-refractivity contribution in [3.8, 4) is 11.5 Å². The van der Waals surface area contributed by atoms with Gasteiger partial charge in [0.25, 0.3) is 5.56 Å². The van der Waals surface area contributed by atoms with Crippen molar-refractivity contribution < 1.29 is 27.4 Å². The summed E-state index contributed by atoms with van der Waals surface area (Å²) in [5.41, 5.74) is -0.0664. The summed E-state index contributed by atoms with van der Waals surface area (Å²) < 4.78 is 45.7. The Balaban J connectivity index is 1.47. The molecule has 1 saturated heterocycles. The number of aryl methyl sites for hydroxylation is 1. The van der Waals surface area contributed by atoms with Crippen LogP contribution in [0.15, 0.2) is 75.3 Å². The van der Waals surface area contributed by atoms with Crippen LogP contribution < -0.4 is 20.7 Å². The molecule has 3 heterocycles. The molecule has 0 bridgehead atoms. The SMILES string of the molecule is COc1ccc(CCn2c(=O)c3ncccc3n(CC(=O)c3cccc(S(=O)(=O)N4CCOCC4)c3)c2=O)cc1OC. The lowest BCUT2D eigenvalue weighted by molar-refractivity contribution is 0.0730. The minimum absolute atomic E-state index is 0.0194. The second-order valence-electron chi connectivity index (χ2n) is 9.60. The maximum atomic E-state index is 13.6. The third-order valence-corrected chi connectivity index (χ3v) is 9.02. The number of fused-ring (bicyclic) bond motifs is 1. The van der Waals surface area contributed by atoms with Crippen molar-refractivity contribution >= 4 is 26.8 Å². The lowest BCUT2D eigenvalue weighted by Crippen LogP contribution is -2.42. The van der Waals surface area contributed by atoms with Crippen LogP contribution in [0.25, 0.3) is 11.0 Å². The molecule has 0 N–H and O–H groups in total. The lowest BCUT2D eigenvalue weighted by atomic mass is 10.1. The Bertz CT molecular complexity index is 1860. The van der Waals surface area contributed by atoms with E-state index in [1.54, 1.807) is 24.3 Å². The van der Waals surface area contributed by atoms with Crippen molar-refractivity contribution in [1.82, 2.24) is 18.4 Å². The molecule has 0 amide bonds. The van der Waals surface area contributed by atoms with Gasteiger partial charge >= 0.3 is 5.69 Å². The summed E-state index contributed by atoms with van der Waals surface area (Å²) in [7, 11) is -0.781. The maximum Gasteiger partial charge on any atom is 0.332 e. The number of ketones is 1. The molecule has 0 spiro atoms. The monoisotopic (exact) mass is 594 g/mol. The van der Waals surface area contributed by atoms with Crippen molar-refractivity contribution in [1.29, 1.82) is 0 Å². The Kier molecular flexibility index (Phi) is 8.52. The molecule has 2 aromatic heterocycles. The van der Waals surface area contributed by atoms with Gasteiger partial charge in [-0.3, -0.25) is 18.7 Å². The number of hydrogen-bond donors (Lipinski definition) is 0. The molecule has 1 aliphatic heterocycles. The predicted molar refractivity (Wildman–Crippen MR) is 154 cm³/mol. The van der Waals surface area contributed by atoms with Crippen LogP contribution in [0.1, 0.15) is 15.9 Å². The van der Waals surface area contributed by atoms with E-state index in [-0.39, 0.29) is 41.1 Å². The number of rotatable bonds is 10. The van der Waals surface area contributed by atoms with Crippen LogP contribution in [0.3, 0.4) is 0 Å². The van der Waals surface area contributed by atoms with Crippen molar-refractivity contribution in [2.45, 2.75) is 24.4 Å². The zero-order chi connectivity index (χ0) is 29.9. The van der Waals surface area contributed by atoms with Crippen LogP contribution >= 0.6 is 0 Å². The molecular formula is C29H30N4O8S. The molecule has 1 aliphatic rings. The van der Waals surface area contributed by atoms with Gasteiger partial charge in [0, 0.05) is 31.4 Å². The zero-order valence-corrected chi connectivity index (χ0v) is 24.0. The van der Waals surface area contributed by atoms with Crippen molar-refractivity contribution in [3.05, 3.63) is 92.8 Å². The smallest absolute Gasteiger partial charge is 0.332 e. The molecule has 220 valence electrons. The van der Waals surface area contributed by atoms with Gasteiger partial charge in [-0.05, 0) is 48.4 Å². The Morgan fingerprint density at radius 2 is 1.71 bits per heavy atom. The average molecular weight is 595 g/mol. The number of ether oxygens (including phenoxy) is 3. The Morgan fingerprint density at radius 3 is 2.45 bits per heavy atom. The number of carbonyl (C=O) groups is 1. The van der Waals surface area contributed by atoms with Crippen LogP contribution in [-0.2, 0) is 34.3 Å². The summed E-state index contributed by atoms with van der Waals surface area (Å²) in [6, 6.07) is 14.2. The topological polar surface area (TPSA) is 139 Å². The molecule has 13 heteroatoms. The minimum Gasteiger partial charge on any atom is -0.493 e. The molecule has 1 fully saturated rings. The fourth-order valence-electron chi connectivity index (χ4n) is 4.87. The summed E-state index contributed by atoms with van der Waals surface area (Å²) in [4.78, 5) is 44.5. The highest BCUT2D eigenvalue weighted by atomic mass is 32.2. The number of benzene rings is 2. The Labute approximate surface area is 241 Å². The lowest BCUT2D eigenvalue weighted by Gasteiger charge is -2.26. The molecule has 0 radical (unpaired) electrons. The molecule has 5 rings (SSSR count). The van der Waals surface area contributed by atoms with Gasteiger partial charge in [0.2, 0.25) is 10.0 Å². The van der Waals surface area contributed by atoms with Crippen molar-refractivity contribution in [2.24, 2.45) is 0 Å². The molecule has 12 nitrogen and oxygen atoms in total. The Morgan fingerprint density at radius 1 is 0.952 bits per heavy atom. The molecule has 2 aromatic carbocycles. The number of sulfonamides is 1. The first-order valence-corrected chi connectivity index (χ1v) is 14.7. The van der Waals surface area contributed by atoms with Crippen LogP contribution in [0.2, 0.25) is 0 Å². The maximum absolute atomic E-state index is 13.6. The van der Waals surface area contributed by atoms with Gasteiger partial charge < -0.3 is 14.2 Å². The highest BCUT2D eigenvalue weighted by molar-refractivity contribution is 7.89. The standard InChI is InChI=1S/C29H30N4O8S/c1-39-25-9-8-20(17-26(25)40-2)10-12-32-28(35)27-23(7-4-11-30-27)33(29(32)36)19-24(34)21-5-3-6-22(18-21)42(37,38)31-13-15-41-16-14-31/h3-9,11,17-18H,10,12-16,19H2,1-2H3. The second-order valence-corrected chi connectivity index (χ2v) is 11.5. The molecule has 0 unspecified atom stereocenters. The van der Waals surface area contributed by atoms with E-state index in [0.717, 1.165) is 10.1 Å².